The molecule has 1 aromatic heterocycles. The van der Waals surface area contributed by atoms with Gasteiger partial charge in [-0.1, -0.05) is 32.0 Å². The van der Waals surface area contributed by atoms with Gasteiger partial charge in [0.1, 0.15) is 12.4 Å². The van der Waals surface area contributed by atoms with Crippen molar-refractivity contribution in [3.8, 4) is 5.75 Å². The number of para-hydroxylation sites is 1. The third kappa shape index (κ3) is 3.06. The van der Waals surface area contributed by atoms with Crippen LogP contribution in [0.25, 0.3) is 0 Å². The first-order valence-corrected chi connectivity index (χ1v) is 7.77. The molecular weight excluding hydrogens is 316 g/mol. The Labute approximate surface area is 129 Å². The topological polar surface area (TPSA) is 27.1 Å². The molecule has 0 radical (unpaired) electrons. The Morgan fingerprint density at radius 1 is 1.30 bits per heavy atom. The number of ether oxygens (including phenoxy) is 1. The quantitative estimate of drug-likeness (QED) is 0.792. The first-order chi connectivity index (χ1) is 9.54. The first kappa shape index (κ1) is 15.1. The van der Waals surface area contributed by atoms with Crippen LogP contribution in [0.1, 0.15) is 43.6 Å². The maximum atomic E-state index is 6.03. The molecule has 0 saturated heterocycles. The Morgan fingerprint density at radius 3 is 2.65 bits per heavy atom. The zero-order chi connectivity index (χ0) is 14.7. The molecular formula is C16H21BrN2O. The largest absolute Gasteiger partial charge is 0.487 e. The summed E-state index contributed by atoms with van der Waals surface area (Å²) in [6.45, 7) is 9.82. The van der Waals surface area contributed by atoms with Gasteiger partial charge in [0.25, 0.3) is 0 Å². The van der Waals surface area contributed by atoms with Crippen molar-refractivity contribution in [3.63, 3.8) is 0 Å². The van der Waals surface area contributed by atoms with E-state index in [-0.39, 0.29) is 0 Å². The summed E-state index contributed by atoms with van der Waals surface area (Å²) in [7, 11) is 0. The van der Waals surface area contributed by atoms with Gasteiger partial charge in [-0.2, -0.15) is 5.10 Å². The van der Waals surface area contributed by atoms with Crippen molar-refractivity contribution in [2.75, 3.05) is 0 Å². The second-order valence-electron chi connectivity index (χ2n) is 5.14. The van der Waals surface area contributed by atoms with Gasteiger partial charge in [0, 0.05) is 6.54 Å². The summed E-state index contributed by atoms with van der Waals surface area (Å²) in [5, 5.41) is 4.49. The Hall–Kier alpha value is -1.29. The smallest absolute Gasteiger partial charge is 0.131 e. The molecule has 0 saturated carbocycles. The highest BCUT2D eigenvalue weighted by molar-refractivity contribution is 9.10. The molecule has 4 heteroatoms. The molecule has 0 atom stereocenters. The van der Waals surface area contributed by atoms with E-state index in [1.54, 1.807) is 0 Å². The van der Waals surface area contributed by atoms with E-state index < -0.39 is 0 Å². The second-order valence-corrected chi connectivity index (χ2v) is 5.94. The van der Waals surface area contributed by atoms with Gasteiger partial charge in [-0.25, -0.2) is 0 Å². The molecule has 0 aliphatic rings. The number of halogens is 1. The van der Waals surface area contributed by atoms with Crippen molar-refractivity contribution in [2.45, 2.75) is 46.8 Å². The lowest BCUT2D eigenvalue weighted by molar-refractivity contribution is 0.287. The molecule has 2 aromatic rings. The van der Waals surface area contributed by atoms with Crippen LogP contribution < -0.4 is 4.74 Å². The summed E-state index contributed by atoms with van der Waals surface area (Å²) in [5.41, 5.74) is 3.33. The molecule has 1 aromatic carbocycles. The molecule has 2 rings (SSSR count). The number of aryl methyl sites for hydroxylation is 2. The summed E-state index contributed by atoms with van der Waals surface area (Å²) < 4.78 is 9.06. The molecule has 0 aliphatic heterocycles. The standard InChI is InChI=1S/C16H21BrN2O/c1-5-19-14(16(17)12(4)18-19)10-20-15-9-7-6-8-13(15)11(2)3/h6-9,11H,5,10H2,1-4H3. The average Bonchev–Trinajstić information content (AvgIpc) is 2.72. The van der Waals surface area contributed by atoms with Crippen LogP contribution in [-0.4, -0.2) is 9.78 Å². The number of aromatic nitrogens is 2. The van der Waals surface area contributed by atoms with Crippen molar-refractivity contribution in [1.82, 2.24) is 9.78 Å². The minimum atomic E-state index is 0.451. The van der Waals surface area contributed by atoms with Gasteiger partial charge in [-0.15, -0.1) is 0 Å². The fourth-order valence-corrected chi connectivity index (χ4v) is 2.64. The zero-order valence-corrected chi connectivity index (χ0v) is 14.1. The van der Waals surface area contributed by atoms with Gasteiger partial charge >= 0.3 is 0 Å². The van der Waals surface area contributed by atoms with E-state index in [0.29, 0.717) is 12.5 Å². The van der Waals surface area contributed by atoms with E-state index in [2.05, 4.69) is 53.9 Å². The van der Waals surface area contributed by atoms with E-state index in [0.717, 1.165) is 28.2 Å². The van der Waals surface area contributed by atoms with Crippen molar-refractivity contribution in [2.24, 2.45) is 0 Å². The highest BCUT2D eigenvalue weighted by Gasteiger charge is 2.14. The summed E-state index contributed by atoms with van der Waals surface area (Å²) in [6, 6.07) is 8.22. The molecule has 0 aliphatic carbocycles. The van der Waals surface area contributed by atoms with Crippen molar-refractivity contribution < 1.29 is 4.74 Å². The van der Waals surface area contributed by atoms with Crippen LogP contribution in [0.2, 0.25) is 0 Å². The maximum Gasteiger partial charge on any atom is 0.131 e. The maximum absolute atomic E-state index is 6.03. The predicted octanol–water partition coefficient (Wildman–Crippen LogP) is 4.68. The Kier molecular flexibility index (Phi) is 4.86. The molecule has 0 unspecified atom stereocenters. The van der Waals surface area contributed by atoms with Crippen molar-refractivity contribution in [3.05, 3.63) is 45.7 Å². The van der Waals surface area contributed by atoms with Crippen LogP contribution in [0.5, 0.6) is 5.75 Å². The van der Waals surface area contributed by atoms with Gasteiger partial charge in [-0.05, 0) is 47.3 Å². The Morgan fingerprint density at radius 2 is 2.00 bits per heavy atom. The Bertz CT molecular complexity index is 590. The van der Waals surface area contributed by atoms with Gasteiger partial charge in [-0.3, -0.25) is 4.68 Å². The normalized spacial score (nSPS) is 11.1. The highest BCUT2D eigenvalue weighted by atomic mass is 79.9. The fraction of sp³-hybridized carbons (Fsp3) is 0.438. The van der Waals surface area contributed by atoms with Crippen molar-refractivity contribution in [1.29, 1.82) is 0 Å². The van der Waals surface area contributed by atoms with E-state index in [9.17, 15) is 0 Å². The molecule has 0 bridgehead atoms. The number of hydrogen-bond acceptors (Lipinski definition) is 2. The van der Waals surface area contributed by atoms with Crippen LogP contribution in [0.15, 0.2) is 28.7 Å². The molecule has 20 heavy (non-hydrogen) atoms. The SMILES string of the molecule is CCn1nc(C)c(Br)c1COc1ccccc1C(C)C. The monoisotopic (exact) mass is 336 g/mol. The van der Waals surface area contributed by atoms with Gasteiger partial charge < -0.3 is 4.74 Å². The summed E-state index contributed by atoms with van der Waals surface area (Å²) in [5.74, 6) is 1.41. The molecule has 0 spiro atoms. The minimum Gasteiger partial charge on any atom is -0.487 e. The third-order valence-electron chi connectivity index (χ3n) is 3.36. The lowest BCUT2D eigenvalue weighted by Gasteiger charge is -2.14. The molecule has 3 nitrogen and oxygen atoms in total. The van der Waals surface area contributed by atoms with Gasteiger partial charge in [0.15, 0.2) is 0 Å². The van der Waals surface area contributed by atoms with Crippen LogP contribution in [-0.2, 0) is 13.2 Å². The van der Waals surface area contributed by atoms with Crippen molar-refractivity contribution >= 4 is 15.9 Å². The van der Waals surface area contributed by atoms with E-state index >= 15 is 0 Å². The Balaban J connectivity index is 2.21. The van der Waals surface area contributed by atoms with E-state index in [4.69, 9.17) is 4.74 Å². The van der Waals surface area contributed by atoms with Crippen LogP contribution in [0.4, 0.5) is 0 Å². The number of nitrogens with zero attached hydrogens (tertiary/aromatic N) is 2. The molecule has 0 N–H and O–H groups in total. The first-order valence-electron chi connectivity index (χ1n) is 6.98. The summed E-state index contributed by atoms with van der Waals surface area (Å²) in [6.07, 6.45) is 0. The molecule has 1 heterocycles. The molecule has 108 valence electrons. The summed E-state index contributed by atoms with van der Waals surface area (Å²) >= 11 is 3.60. The van der Waals surface area contributed by atoms with Crippen LogP contribution >= 0.6 is 15.9 Å². The van der Waals surface area contributed by atoms with E-state index in [1.165, 1.54) is 5.56 Å². The summed E-state index contributed by atoms with van der Waals surface area (Å²) in [4.78, 5) is 0. The lowest BCUT2D eigenvalue weighted by atomic mass is 10.0. The predicted molar refractivity (Wildman–Crippen MR) is 85.2 cm³/mol. The highest BCUT2D eigenvalue weighted by Crippen LogP contribution is 2.28. The second kappa shape index (κ2) is 6.44. The molecule has 0 fully saturated rings. The molecule has 0 amide bonds. The fourth-order valence-electron chi connectivity index (χ4n) is 2.24. The number of hydrogen-bond donors (Lipinski definition) is 0. The minimum absolute atomic E-state index is 0.451. The third-order valence-corrected chi connectivity index (χ3v) is 4.39. The number of rotatable bonds is 5. The van der Waals surface area contributed by atoms with Gasteiger partial charge in [0.05, 0.1) is 15.9 Å². The van der Waals surface area contributed by atoms with Crippen LogP contribution in [0, 0.1) is 6.92 Å². The number of benzene rings is 1. The average molecular weight is 337 g/mol. The van der Waals surface area contributed by atoms with Crippen LogP contribution in [0.3, 0.4) is 0 Å². The van der Waals surface area contributed by atoms with E-state index in [1.807, 2.05) is 23.7 Å². The van der Waals surface area contributed by atoms with Gasteiger partial charge in [0.2, 0.25) is 0 Å². The lowest BCUT2D eigenvalue weighted by Crippen LogP contribution is -2.07. The zero-order valence-electron chi connectivity index (χ0n) is 12.5.